The van der Waals surface area contributed by atoms with Crippen molar-refractivity contribution in [2.24, 2.45) is 0 Å². The van der Waals surface area contributed by atoms with Gasteiger partial charge in [-0.3, -0.25) is 9.59 Å². The Morgan fingerprint density at radius 2 is 2.00 bits per heavy atom. The van der Waals surface area contributed by atoms with Gasteiger partial charge < -0.3 is 10.6 Å². The first kappa shape index (κ1) is 9.03. The van der Waals surface area contributed by atoms with Crippen molar-refractivity contribution in [1.82, 2.24) is 10.6 Å². The number of rotatable bonds is 3. The quantitative estimate of drug-likeness (QED) is 0.576. The van der Waals surface area contributed by atoms with E-state index in [1.54, 1.807) is 7.05 Å². The SMILES string of the molecule is CNC(=O)C1(NC=O)CCCC1. The molecule has 1 aliphatic carbocycles. The van der Waals surface area contributed by atoms with Crippen molar-refractivity contribution in [3.05, 3.63) is 0 Å². The van der Waals surface area contributed by atoms with Crippen molar-refractivity contribution in [1.29, 1.82) is 0 Å². The fraction of sp³-hybridized carbons (Fsp3) is 0.750. The molecule has 0 bridgehead atoms. The Morgan fingerprint density at radius 3 is 2.42 bits per heavy atom. The lowest BCUT2D eigenvalue weighted by atomic mass is 9.97. The zero-order valence-corrected chi connectivity index (χ0v) is 7.22. The second-order valence-corrected chi connectivity index (χ2v) is 3.13. The highest BCUT2D eigenvalue weighted by Crippen LogP contribution is 2.29. The van der Waals surface area contributed by atoms with Crippen molar-refractivity contribution >= 4 is 12.3 Å². The maximum Gasteiger partial charge on any atom is 0.245 e. The number of likely N-dealkylation sites (N-methyl/N-ethyl adjacent to an activating group) is 1. The molecule has 2 amide bonds. The second kappa shape index (κ2) is 3.56. The highest BCUT2D eigenvalue weighted by molar-refractivity contribution is 5.88. The molecule has 1 rings (SSSR count). The predicted molar refractivity (Wildman–Crippen MR) is 44.5 cm³/mol. The largest absolute Gasteiger partial charge is 0.357 e. The highest BCUT2D eigenvalue weighted by Gasteiger charge is 2.39. The normalized spacial score (nSPS) is 20.1. The Hall–Kier alpha value is -1.06. The smallest absolute Gasteiger partial charge is 0.245 e. The van der Waals surface area contributed by atoms with E-state index in [0.717, 1.165) is 25.7 Å². The van der Waals surface area contributed by atoms with E-state index < -0.39 is 5.54 Å². The van der Waals surface area contributed by atoms with Crippen molar-refractivity contribution in [2.75, 3.05) is 7.05 Å². The first-order chi connectivity index (χ1) is 5.75. The predicted octanol–water partition coefficient (Wildman–Crippen LogP) is -0.209. The van der Waals surface area contributed by atoms with E-state index in [0.29, 0.717) is 6.41 Å². The van der Waals surface area contributed by atoms with Crippen LogP contribution in [-0.2, 0) is 9.59 Å². The second-order valence-electron chi connectivity index (χ2n) is 3.13. The minimum absolute atomic E-state index is 0.0768. The van der Waals surface area contributed by atoms with E-state index in [1.165, 1.54) is 0 Å². The summed E-state index contributed by atoms with van der Waals surface area (Å²) in [5.74, 6) is -0.0768. The van der Waals surface area contributed by atoms with Gasteiger partial charge in [-0.25, -0.2) is 0 Å². The molecule has 4 nitrogen and oxygen atoms in total. The Balaban J connectivity index is 2.70. The van der Waals surface area contributed by atoms with E-state index in [1.807, 2.05) is 0 Å². The summed E-state index contributed by atoms with van der Waals surface area (Å²) in [7, 11) is 1.59. The average molecular weight is 170 g/mol. The molecular weight excluding hydrogens is 156 g/mol. The minimum Gasteiger partial charge on any atom is -0.357 e. The van der Waals surface area contributed by atoms with E-state index in [2.05, 4.69) is 10.6 Å². The summed E-state index contributed by atoms with van der Waals surface area (Å²) in [4.78, 5) is 21.7. The van der Waals surface area contributed by atoms with E-state index in [9.17, 15) is 9.59 Å². The maximum atomic E-state index is 11.4. The van der Waals surface area contributed by atoms with Crippen LogP contribution in [-0.4, -0.2) is 24.9 Å². The van der Waals surface area contributed by atoms with Crippen LogP contribution in [0, 0.1) is 0 Å². The molecule has 1 fully saturated rings. The molecule has 0 atom stereocenters. The third-order valence-electron chi connectivity index (χ3n) is 2.45. The van der Waals surface area contributed by atoms with E-state index in [-0.39, 0.29) is 5.91 Å². The van der Waals surface area contributed by atoms with Crippen LogP contribution >= 0.6 is 0 Å². The molecule has 0 aromatic rings. The highest BCUT2D eigenvalue weighted by atomic mass is 16.2. The van der Waals surface area contributed by atoms with Gasteiger partial charge in [-0.2, -0.15) is 0 Å². The molecule has 12 heavy (non-hydrogen) atoms. The van der Waals surface area contributed by atoms with Gasteiger partial charge in [-0.05, 0) is 12.8 Å². The molecule has 0 radical (unpaired) electrons. The van der Waals surface area contributed by atoms with Gasteiger partial charge >= 0.3 is 0 Å². The lowest BCUT2D eigenvalue weighted by Crippen LogP contribution is -2.53. The molecule has 0 saturated heterocycles. The molecule has 1 aliphatic rings. The molecule has 0 spiro atoms. The Kier molecular flexibility index (Phi) is 2.68. The number of hydrogen-bond acceptors (Lipinski definition) is 2. The van der Waals surface area contributed by atoms with Crippen LogP contribution in [0.15, 0.2) is 0 Å². The van der Waals surface area contributed by atoms with Crippen LogP contribution < -0.4 is 10.6 Å². The summed E-state index contributed by atoms with van der Waals surface area (Å²) in [5.41, 5.74) is -0.615. The molecule has 4 heteroatoms. The van der Waals surface area contributed by atoms with Crippen molar-refractivity contribution in [3.8, 4) is 0 Å². The van der Waals surface area contributed by atoms with Crippen LogP contribution in [0.1, 0.15) is 25.7 Å². The summed E-state index contributed by atoms with van der Waals surface area (Å²) in [6.07, 6.45) is 4.14. The van der Waals surface area contributed by atoms with Gasteiger partial charge in [0.25, 0.3) is 0 Å². The molecule has 0 aromatic carbocycles. The van der Waals surface area contributed by atoms with Gasteiger partial charge in [0.05, 0.1) is 0 Å². The number of carbonyl (C=O) groups is 2. The fourth-order valence-corrected chi connectivity index (χ4v) is 1.77. The Morgan fingerprint density at radius 1 is 1.42 bits per heavy atom. The third-order valence-corrected chi connectivity index (χ3v) is 2.45. The number of amides is 2. The van der Waals surface area contributed by atoms with Crippen LogP contribution in [0.25, 0.3) is 0 Å². The summed E-state index contributed by atoms with van der Waals surface area (Å²) >= 11 is 0. The first-order valence-electron chi connectivity index (χ1n) is 4.19. The third kappa shape index (κ3) is 1.42. The first-order valence-corrected chi connectivity index (χ1v) is 4.19. The van der Waals surface area contributed by atoms with Crippen LogP contribution in [0.2, 0.25) is 0 Å². The number of nitrogens with one attached hydrogen (secondary N) is 2. The fourth-order valence-electron chi connectivity index (χ4n) is 1.77. The summed E-state index contributed by atoms with van der Waals surface area (Å²) in [6, 6.07) is 0. The molecule has 0 aromatic heterocycles. The van der Waals surface area contributed by atoms with E-state index >= 15 is 0 Å². The molecule has 0 unspecified atom stereocenters. The van der Waals surface area contributed by atoms with Gasteiger partial charge in [0, 0.05) is 7.05 Å². The van der Waals surface area contributed by atoms with Gasteiger partial charge in [-0.15, -0.1) is 0 Å². The molecular formula is C8H14N2O2. The lowest BCUT2D eigenvalue weighted by molar-refractivity contribution is -0.129. The zero-order chi connectivity index (χ0) is 9.03. The van der Waals surface area contributed by atoms with Gasteiger partial charge in [-0.1, -0.05) is 12.8 Å². The van der Waals surface area contributed by atoms with Gasteiger partial charge in [0.15, 0.2) is 0 Å². The average Bonchev–Trinajstić information content (AvgIpc) is 2.53. The maximum absolute atomic E-state index is 11.4. The molecule has 2 N–H and O–H groups in total. The molecule has 1 saturated carbocycles. The Labute approximate surface area is 71.7 Å². The van der Waals surface area contributed by atoms with Crippen LogP contribution in [0.3, 0.4) is 0 Å². The van der Waals surface area contributed by atoms with Crippen molar-refractivity contribution in [2.45, 2.75) is 31.2 Å². The Bertz CT molecular complexity index is 185. The summed E-state index contributed by atoms with van der Waals surface area (Å²) in [6.45, 7) is 0. The number of carbonyl (C=O) groups excluding carboxylic acids is 2. The topological polar surface area (TPSA) is 58.2 Å². The molecule has 0 heterocycles. The van der Waals surface area contributed by atoms with Crippen molar-refractivity contribution < 1.29 is 9.59 Å². The summed E-state index contributed by atoms with van der Waals surface area (Å²) < 4.78 is 0. The molecule has 68 valence electrons. The van der Waals surface area contributed by atoms with Gasteiger partial charge in [0.1, 0.15) is 5.54 Å². The van der Waals surface area contributed by atoms with Crippen molar-refractivity contribution in [3.63, 3.8) is 0 Å². The lowest BCUT2D eigenvalue weighted by Gasteiger charge is -2.25. The zero-order valence-electron chi connectivity index (χ0n) is 7.22. The van der Waals surface area contributed by atoms with E-state index in [4.69, 9.17) is 0 Å². The standard InChI is InChI=1S/C8H14N2O2/c1-9-7(12)8(10-6-11)4-2-3-5-8/h6H,2-5H2,1H3,(H,9,12)(H,10,11). The van der Waals surface area contributed by atoms with Gasteiger partial charge in [0.2, 0.25) is 12.3 Å². The van der Waals surface area contributed by atoms with Crippen LogP contribution in [0.4, 0.5) is 0 Å². The molecule has 0 aliphatic heterocycles. The minimum atomic E-state index is -0.615. The van der Waals surface area contributed by atoms with Crippen LogP contribution in [0.5, 0.6) is 0 Å². The summed E-state index contributed by atoms with van der Waals surface area (Å²) in [5, 5.41) is 5.19. The number of hydrogen-bond donors (Lipinski definition) is 2. The monoisotopic (exact) mass is 170 g/mol.